The summed E-state index contributed by atoms with van der Waals surface area (Å²) in [5.74, 6) is 0.548. The second-order valence-electron chi connectivity index (χ2n) is 9.72. The summed E-state index contributed by atoms with van der Waals surface area (Å²) in [7, 11) is 3.86. The van der Waals surface area contributed by atoms with Crippen molar-refractivity contribution in [1.82, 2.24) is 15.2 Å². The largest absolute Gasteiger partial charge is 0.351 e. The Morgan fingerprint density at radius 3 is 2.51 bits per heavy atom. The molecule has 1 N–H and O–H groups in total. The van der Waals surface area contributed by atoms with E-state index in [2.05, 4.69) is 33.7 Å². The summed E-state index contributed by atoms with van der Waals surface area (Å²) < 4.78 is 13.8. The van der Waals surface area contributed by atoms with E-state index < -0.39 is 0 Å². The second kappa shape index (κ2) is 13.3. The SMILES string of the molecule is C=C(/C=C\NC(C)=NC)c1sc(N2CCN(C)CC2)nc1-c1cccc(F)c1.CC(C)(C)CC=O. The van der Waals surface area contributed by atoms with E-state index >= 15 is 0 Å². The van der Waals surface area contributed by atoms with Gasteiger partial charge < -0.3 is 19.9 Å². The highest BCUT2D eigenvalue weighted by molar-refractivity contribution is 7.17. The van der Waals surface area contributed by atoms with Crippen LogP contribution in [0.1, 0.15) is 39.0 Å². The molecule has 35 heavy (non-hydrogen) atoms. The number of anilines is 1. The Labute approximate surface area is 213 Å². The molecule has 0 saturated carbocycles. The summed E-state index contributed by atoms with van der Waals surface area (Å²) in [5, 5.41) is 4.05. The summed E-state index contributed by atoms with van der Waals surface area (Å²) >= 11 is 1.61. The number of rotatable bonds is 6. The number of thiazole rings is 1. The number of aromatic nitrogens is 1. The van der Waals surface area contributed by atoms with E-state index in [1.165, 1.54) is 12.1 Å². The number of amidine groups is 1. The number of nitrogens with one attached hydrogen (secondary N) is 1. The predicted octanol–water partition coefficient (Wildman–Crippen LogP) is 5.49. The fourth-order valence-corrected chi connectivity index (χ4v) is 4.23. The lowest BCUT2D eigenvalue weighted by Gasteiger charge is -2.32. The van der Waals surface area contributed by atoms with E-state index in [1.54, 1.807) is 24.5 Å². The van der Waals surface area contributed by atoms with Gasteiger partial charge in [-0.2, -0.15) is 0 Å². The molecule has 0 radical (unpaired) electrons. The van der Waals surface area contributed by atoms with Crippen molar-refractivity contribution in [3.05, 3.63) is 53.8 Å². The number of halogens is 1. The number of aliphatic imine (C=N–C) groups is 1. The third-order valence-electron chi connectivity index (χ3n) is 5.39. The maximum absolute atomic E-state index is 13.8. The summed E-state index contributed by atoms with van der Waals surface area (Å²) in [5.41, 5.74) is 2.55. The number of likely N-dealkylation sites (N-methyl/N-ethyl adjacent to an activating group) is 1. The molecule has 2 heterocycles. The molecule has 8 heteroatoms. The molecule has 0 atom stereocenters. The number of nitrogens with zero attached hydrogens (tertiary/aromatic N) is 4. The molecule has 1 aliphatic rings. The van der Waals surface area contributed by atoms with E-state index in [0.29, 0.717) is 6.42 Å². The molecule has 0 unspecified atom stereocenters. The first-order valence-electron chi connectivity index (χ1n) is 11.7. The zero-order valence-electron chi connectivity index (χ0n) is 21.8. The van der Waals surface area contributed by atoms with Gasteiger partial charge in [-0.3, -0.25) is 4.99 Å². The van der Waals surface area contributed by atoms with Gasteiger partial charge >= 0.3 is 0 Å². The maximum Gasteiger partial charge on any atom is 0.186 e. The lowest BCUT2D eigenvalue weighted by molar-refractivity contribution is -0.109. The number of aldehydes is 1. The molecular weight excluding hydrogens is 461 g/mol. The minimum atomic E-state index is -0.268. The van der Waals surface area contributed by atoms with Crippen LogP contribution in [0.5, 0.6) is 0 Å². The lowest BCUT2D eigenvalue weighted by Crippen LogP contribution is -2.44. The first-order valence-corrected chi connectivity index (χ1v) is 12.6. The molecule has 0 spiro atoms. The predicted molar refractivity (Wildman–Crippen MR) is 148 cm³/mol. The number of hydrogen-bond acceptors (Lipinski definition) is 6. The van der Waals surface area contributed by atoms with Crippen LogP contribution < -0.4 is 10.2 Å². The van der Waals surface area contributed by atoms with E-state index in [0.717, 1.165) is 65.1 Å². The molecule has 190 valence electrons. The number of carbonyl (C=O) groups is 1. The van der Waals surface area contributed by atoms with Crippen LogP contribution in [0.4, 0.5) is 9.52 Å². The van der Waals surface area contributed by atoms with Crippen molar-refractivity contribution in [1.29, 1.82) is 0 Å². The Kier molecular flexibility index (Phi) is 10.8. The Bertz CT molecular complexity index is 1050. The molecule has 2 aromatic rings. The van der Waals surface area contributed by atoms with Crippen molar-refractivity contribution in [2.24, 2.45) is 10.4 Å². The lowest BCUT2D eigenvalue weighted by atomic mass is 9.93. The molecule has 1 fully saturated rings. The van der Waals surface area contributed by atoms with Gasteiger partial charge in [0.15, 0.2) is 5.13 Å². The van der Waals surface area contributed by atoms with Gasteiger partial charge in [0.2, 0.25) is 0 Å². The van der Waals surface area contributed by atoms with Gasteiger partial charge in [0.25, 0.3) is 0 Å². The molecule has 3 rings (SSSR count). The second-order valence-corrected chi connectivity index (χ2v) is 10.7. The smallest absolute Gasteiger partial charge is 0.186 e. The maximum atomic E-state index is 13.8. The topological polar surface area (TPSA) is 60.8 Å². The molecule has 1 aromatic heterocycles. The van der Waals surface area contributed by atoms with Crippen molar-refractivity contribution >= 4 is 34.2 Å². The van der Waals surface area contributed by atoms with Gasteiger partial charge in [-0.1, -0.05) is 50.8 Å². The quantitative estimate of drug-likeness (QED) is 0.247. The van der Waals surface area contributed by atoms with Crippen molar-refractivity contribution in [3.63, 3.8) is 0 Å². The highest BCUT2D eigenvalue weighted by atomic mass is 32.1. The van der Waals surface area contributed by atoms with Crippen LogP contribution in [0, 0.1) is 11.2 Å². The van der Waals surface area contributed by atoms with Crippen LogP contribution in [0.3, 0.4) is 0 Å². The zero-order valence-corrected chi connectivity index (χ0v) is 22.6. The Hall–Kier alpha value is -2.84. The summed E-state index contributed by atoms with van der Waals surface area (Å²) in [4.78, 5) is 24.3. The summed E-state index contributed by atoms with van der Waals surface area (Å²) in [6.45, 7) is 16.1. The van der Waals surface area contributed by atoms with Gasteiger partial charge in [0.05, 0.1) is 16.4 Å². The highest BCUT2D eigenvalue weighted by Crippen LogP contribution is 2.38. The van der Waals surface area contributed by atoms with Crippen molar-refractivity contribution in [2.45, 2.75) is 34.1 Å². The van der Waals surface area contributed by atoms with Crippen LogP contribution in [0.2, 0.25) is 0 Å². The van der Waals surface area contributed by atoms with Crippen LogP contribution in [-0.4, -0.2) is 62.3 Å². The number of piperazine rings is 1. The van der Waals surface area contributed by atoms with Crippen LogP contribution >= 0.6 is 11.3 Å². The van der Waals surface area contributed by atoms with Crippen LogP contribution in [0.25, 0.3) is 16.8 Å². The van der Waals surface area contributed by atoms with Gasteiger partial charge in [0, 0.05) is 51.4 Å². The first-order chi connectivity index (χ1) is 16.5. The van der Waals surface area contributed by atoms with Crippen LogP contribution in [0.15, 0.2) is 48.1 Å². The third kappa shape index (κ3) is 9.38. The minimum Gasteiger partial charge on any atom is -0.351 e. The Morgan fingerprint density at radius 1 is 1.29 bits per heavy atom. The van der Waals surface area contributed by atoms with Crippen molar-refractivity contribution in [2.75, 3.05) is 45.2 Å². The number of carbonyl (C=O) groups excluding carboxylic acids is 1. The fourth-order valence-electron chi connectivity index (χ4n) is 3.14. The van der Waals surface area contributed by atoms with E-state index in [4.69, 9.17) is 4.98 Å². The Balaban J connectivity index is 0.000000540. The molecule has 1 aliphatic heterocycles. The number of hydrogen-bond donors (Lipinski definition) is 1. The Morgan fingerprint density at radius 2 is 1.97 bits per heavy atom. The summed E-state index contributed by atoms with van der Waals surface area (Å²) in [6, 6.07) is 6.57. The average Bonchev–Trinajstić information content (AvgIpc) is 3.24. The molecule has 0 bridgehead atoms. The molecule has 1 aromatic carbocycles. The zero-order chi connectivity index (χ0) is 26.0. The summed E-state index contributed by atoms with van der Waals surface area (Å²) in [6.07, 6.45) is 5.33. The normalized spacial score (nSPS) is 15.1. The van der Waals surface area contributed by atoms with Gasteiger partial charge in [0.1, 0.15) is 12.1 Å². The highest BCUT2D eigenvalue weighted by Gasteiger charge is 2.21. The first kappa shape index (κ1) is 28.4. The van der Waals surface area contributed by atoms with Crippen LogP contribution in [-0.2, 0) is 4.79 Å². The number of allylic oxidation sites excluding steroid dienone is 2. The van der Waals surface area contributed by atoms with E-state index in [-0.39, 0.29) is 11.2 Å². The molecule has 6 nitrogen and oxygen atoms in total. The number of benzene rings is 1. The standard InChI is InChI=1S/C21H26FN5S.C6H12O/c1-15(8-9-24-16(2)23-3)20-19(17-6-5-7-18(22)14-17)25-21(28-20)27-12-10-26(4)11-13-27;1-6(2,3)4-5-7/h5-9,14H,1,10-13H2,2-4H3,(H,23,24);5H,4H2,1-3H3/b9-8-;. The van der Waals surface area contributed by atoms with Gasteiger partial charge in [-0.25, -0.2) is 9.37 Å². The molecular formula is C27H38FN5OS. The molecule has 0 aliphatic carbocycles. The van der Waals surface area contributed by atoms with Crippen molar-refractivity contribution < 1.29 is 9.18 Å². The fraction of sp³-hybridized carbons (Fsp3) is 0.444. The average molecular weight is 500 g/mol. The monoisotopic (exact) mass is 499 g/mol. The van der Waals surface area contributed by atoms with Gasteiger partial charge in [-0.05, 0) is 43.2 Å². The molecule has 1 saturated heterocycles. The van der Waals surface area contributed by atoms with Crippen molar-refractivity contribution in [3.8, 4) is 11.3 Å². The third-order valence-corrected chi connectivity index (χ3v) is 6.58. The molecule has 0 amide bonds. The van der Waals surface area contributed by atoms with E-state index in [9.17, 15) is 9.18 Å². The van der Waals surface area contributed by atoms with E-state index in [1.807, 2.05) is 46.0 Å². The van der Waals surface area contributed by atoms with Gasteiger partial charge in [-0.15, -0.1) is 0 Å². The minimum absolute atomic E-state index is 0.182.